The molecule has 15 heavy (non-hydrogen) atoms. The van der Waals surface area contributed by atoms with Crippen LogP contribution in [0.4, 0.5) is 4.79 Å². The minimum atomic E-state index is -0.195. The third-order valence-corrected chi connectivity index (χ3v) is 1.66. The van der Waals surface area contributed by atoms with Gasteiger partial charge in [0.15, 0.2) is 0 Å². The molecule has 6 nitrogen and oxygen atoms in total. The molecule has 0 radical (unpaired) electrons. The Bertz CT molecular complexity index is 207. The predicted octanol–water partition coefficient (Wildman–Crippen LogP) is -0.590. The monoisotopic (exact) mass is 217 g/mol. The summed E-state index contributed by atoms with van der Waals surface area (Å²) in [7, 11) is 4.87. The molecule has 0 heterocycles. The fourth-order valence-electron chi connectivity index (χ4n) is 0.822. The summed E-state index contributed by atoms with van der Waals surface area (Å²) in [4.78, 5) is 23.6. The fourth-order valence-corrected chi connectivity index (χ4v) is 0.822. The molecule has 0 unspecified atom stereocenters. The van der Waals surface area contributed by atoms with E-state index in [-0.39, 0.29) is 18.4 Å². The number of nitrogens with zero attached hydrogens (tertiary/aromatic N) is 1. The van der Waals surface area contributed by atoms with Crippen LogP contribution in [-0.2, 0) is 9.53 Å². The summed E-state index contributed by atoms with van der Waals surface area (Å²) in [5, 5.41) is 5.26. The van der Waals surface area contributed by atoms with Gasteiger partial charge in [-0.25, -0.2) is 4.79 Å². The highest BCUT2D eigenvalue weighted by atomic mass is 16.5. The van der Waals surface area contributed by atoms with Crippen molar-refractivity contribution >= 4 is 11.9 Å². The SMILES string of the molecule is COCCNC(=O)CCNC(=O)N(C)C. The Hall–Kier alpha value is -1.30. The first-order valence-electron chi connectivity index (χ1n) is 4.78. The van der Waals surface area contributed by atoms with Gasteiger partial charge in [-0.15, -0.1) is 0 Å². The lowest BCUT2D eigenvalue weighted by Crippen LogP contribution is -2.37. The molecule has 0 bridgehead atoms. The first-order valence-corrected chi connectivity index (χ1v) is 4.78. The van der Waals surface area contributed by atoms with E-state index in [1.807, 2.05) is 0 Å². The van der Waals surface area contributed by atoms with Gasteiger partial charge < -0.3 is 20.3 Å². The van der Waals surface area contributed by atoms with Crippen molar-refractivity contribution in [3.8, 4) is 0 Å². The number of rotatable bonds is 6. The van der Waals surface area contributed by atoms with E-state index in [1.54, 1.807) is 21.2 Å². The summed E-state index contributed by atoms with van der Waals surface area (Å²) in [6, 6.07) is -0.195. The zero-order chi connectivity index (χ0) is 11.7. The van der Waals surface area contributed by atoms with Crippen molar-refractivity contribution in [2.45, 2.75) is 6.42 Å². The Kier molecular flexibility index (Phi) is 7.35. The van der Waals surface area contributed by atoms with E-state index in [1.165, 1.54) is 4.90 Å². The molecule has 0 atom stereocenters. The van der Waals surface area contributed by atoms with Crippen molar-refractivity contribution in [1.29, 1.82) is 0 Å². The molecule has 0 saturated heterocycles. The smallest absolute Gasteiger partial charge is 0.316 e. The van der Waals surface area contributed by atoms with Gasteiger partial charge >= 0.3 is 6.03 Å². The van der Waals surface area contributed by atoms with Crippen LogP contribution in [0.2, 0.25) is 0 Å². The molecule has 0 saturated carbocycles. The molecular weight excluding hydrogens is 198 g/mol. The van der Waals surface area contributed by atoms with Crippen molar-refractivity contribution in [1.82, 2.24) is 15.5 Å². The largest absolute Gasteiger partial charge is 0.383 e. The number of nitrogens with one attached hydrogen (secondary N) is 2. The van der Waals surface area contributed by atoms with Crippen molar-refractivity contribution in [3.05, 3.63) is 0 Å². The summed E-state index contributed by atoms with van der Waals surface area (Å²) in [5.74, 6) is -0.0916. The van der Waals surface area contributed by atoms with Gasteiger partial charge in [-0.2, -0.15) is 0 Å². The molecule has 2 N–H and O–H groups in total. The Morgan fingerprint density at radius 1 is 1.20 bits per heavy atom. The zero-order valence-electron chi connectivity index (χ0n) is 9.50. The zero-order valence-corrected chi connectivity index (χ0v) is 9.50. The molecule has 0 aliphatic heterocycles. The van der Waals surface area contributed by atoms with E-state index in [2.05, 4.69) is 10.6 Å². The van der Waals surface area contributed by atoms with Gasteiger partial charge in [0.1, 0.15) is 0 Å². The third kappa shape index (κ3) is 7.75. The van der Waals surface area contributed by atoms with E-state index in [0.717, 1.165) is 0 Å². The van der Waals surface area contributed by atoms with Gasteiger partial charge in [-0.3, -0.25) is 4.79 Å². The lowest BCUT2D eigenvalue weighted by atomic mass is 10.4. The molecule has 0 fully saturated rings. The molecule has 0 aromatic carbocycles. The van der Waals surface area contributed by atoms with E-state index in [0.29, 0.717) is 19.7 Å². The Labute approximate surface area is 90.0 Å². The van der Waals surface area contributed by atoms with E-state index in [4.69, 9.17) is 4.74 Å². The highest BCUT2D eigenvalue weighted by Gasteiger charge is 2.04. The van der Waals surface area contributed by atoms with Crippen LogP contribution in [0.5, 0.6) is 0 Å². The predicted molar refractivity (Wildman–Crippen MR) is 56.6 cm³/mol. The Morgan fingerprint density at radius 2 is 1.87 bits per heavy atom. The second kappa shape index (κ2) is 8.05. The average molecular weight is 217 g/mol. The van der Waals surface area contributed by atoms with Crippen molar-refractivity contribution < 1.29 is 14.3 Å². The minimum Gasteiger partial charge on any atom is -0.383 e. The highest BCUT2D eigenvalue weighted by Crippen LogP contribution is 1.81. The number of amides is 3. The summed E-state index contributed by atoms with van der Waals surface area (Å²) >= 11 is 0. The fraction of sp³-hybridized carbons (Fsp3) is 0.778. The van der Waals surface area contributed by atoms with Gasteiger partial charge in [0.05, 0.1) is 6.61 Å². The van der Waals surface area contributed by atoms with Crippen LogP contribution in [0, 0.1) is 0 Å². The van der Waals surface area contributed by atoms with Crippen LogP contribution in [0.3, 0.4) is 0 Å². The Balaban J connectivity index is 3.42. The summed E-state index contributed by atoms with van der Waals surface area (Å²) < 4.78 is 4.78. The first kappa shape index (κ1) is 13.7. The lowest BCUT2D eigenvalue weighted by Gasteiger charge is -2.11. The quantitative estimate of drug-likeness (QED) is 0.584. The van der Waals surface area contributed by atoms with E-state index in [9.17, 15) is 9.59 Å². The normalized spacial score (nSPS) is 9.53. The summed E-state index contributed by atoms with van der Waals surface area (Å²) in [6.07, 6.45) is 0.281. The molecule has 0 aliphatic rings. The van der Waals surface area contributed by atoms with Crippen LogP contribution in [0.15, 0.2) is 0 Å². The average Bonchev–Trinajstić information content (AvgIpc) is 2.18. The second-order valence-corrected chi connectivity index (χ2v) is 3.22. The van der Waals surface area contributed by atoms with Crippen molar-refractivity contribution in [2.75, 3.05) is 40.9 Å². The lowest BCUT2D eigenvalue weighted by molar-refractivity contribution is -0.121. The molecule has 88 valence electrons. The molecule has 0 aromatic heterocycles. The van der Waals surface area contributed by atoms with Crippen molar-refractivity contribution in [3.63, 3.8) is 0 Å². The number of methoxy groups -OCH3 is 1. The number of ether oxygens (including phenoxy) is 1. The minimum absolute atomic E-state index is 0.0916. The number of hydrogen-bond donors (Lipinski definition) is 2. The first-order chi connectivity index (χ1) is 7.07. The second-order valence-electron chi connectivity index (χ2n) is 3.22. The third-order valence-electron chi connectivity index (χ3n) is 1.66. The molecule has 0 aromatic rings. The maximum atomic E-state index is 11.1. The summed E-state index contributed by atoms with van der Waals surface area (Å²) in [5.41, 5.74) is 0. The molecule has 0 rings (SSSR count). The maximum Gasteiger partial charge on any atom is 0.316 e. The number of carbonyl (C=O) groups excluding carboxylic acids is 2. The van der Waals surface area contributed by atoms with Crippen LogP contribution < -0.4 is 10.6 Å². The molecule has 6 heteroatoms. The van der Waals surface area contributed by atoms with Crippen LogP contribution in [-0.4, -0.2) is 57.7 Å². The van der Waals surface area contributed by atoms with Gasteiger partial charge in [-0.05, 0) is 0 Å². The van der Waals surface area contributed by atoms with Gasteiger partial charge in [0.25, 0.3) is 0 Å². The number of hydrogen-bond acceptors (Lipinski definition) is 3. The summed E-state index contributed by atoms with van der Waals surface area (Å²) in [6.45, 7) is 1.34. The molecular formula is C9H19N3O3. The highest BCUT2D eigenvalue weighted by molar-refractivity contribution is 5.77. The number of carbonyl (C=O) groups is 2. The molecule has 0 aliphatic carbocycles. The maximum absolute atomic E-state index is 11.1. The van der Waals surface area contributed by atoms with Crippen LogP contribution >= 0.6 is 0 Å². The van der Waals surface area contributed by atoms with Crippen molar-refractivity contribution in [2.24, 2.45) is 0 Å². The van der Waals surface area contributed by atoms with E-state index >= 15 is 0 Å². The molecule has 0 spiro atoms. The topological polar surface area (TPSA) is 70.7 Å². The van der Waals surface area contributed by atoms with Gasteiger partial charge in [0, 0.05) is 40.7 Å². The standard InChI is InChI=1S/C9H19N3O3/c1-12(2)9(14)11-5-4-8(13)10-6-7-15-3/h4-7H2,1-3H3,(H,10,13)(H,11,14). The van der Waals surface area contributed by atoms with Crippen LogP contribution in [0.1, 0.15) is 6.42 Å². The van der Waals surface area contributed by atoms with Gasteiger partial charge in [-0.1, -0.05) is 0 Å². The molecule has 3 amide bonds. The van der Waals surface area contributed by atoms with Crippen LogP contribution in [0.25, 0.3) is 0 Å². The van der Waals surface area contributed by atoms with E-state index < -0.39 is 0 Å². The Morgan fingerprint density at radius 3 is 2.40 bits per heavy atom. The number of urea groups is 1. The van der Waals surface area contributed by atoms with Gasteiger partial charge in [0.2, 0.25) is 5.91 Å².